The van der Waals surface area contributed by atoms with Gasteiger partial charge in [-0.15, -0.1) is 0 Å². The van der Waals surface area contributed by atoms with Crippen LogP contribution in [-0.2, 0) is 11.2 Å². The van der Waals surface area contributed by atoms with E-state index >= 15 is 0 Å². The topological polar surface area (TPSA) is 66.4 Å². The Morgan fingerprint density at radius 2 is 2.10 bits per heavy atom. The van der Waals surface area contributed by atoms with Gasteiger partial charge in [0.1, 0.15) is 0 Å². The first-order valence-corrected chi connectivity index (χ1v) is 8.31. The smallest absolute Gasteiger partial charge is 0.335 e. The van der Waals surface area contributed by atoms with Crippen molar-refractivity contribution in [2.24, 2.45) is 5.92 Å². The molecule has 1 aromatic rings. The fourth-order valence-corrected chi connectivity index (χ4v) is 2.81. The first-order chi connectivity index (χ1) is 9.99. The molecule has 0 saturated carbocycles. The lowest BCUT2D eigenvalue weighted by molar-refractivity contribution is -0.118. The summed E-state index contributed by atoms with van der Waals surface area (Å²) in [5, 5.41) is 11.8. The van der Waals surface area contributed by atoms with Crippen molar-refractivity contribution in [2.75, 3.05) is 18.1 Å². The number of hydrogen-bond acceptors (Lipinski definition) is 3. The summed E-state index contributed by atoms with van der Waals surface area (Å²) in [5.74, 6) is 1.27. The maximum absolute atomic E-state index is 11.6. The number of carboxylic acid groups (broad SMARTS) is 1. The highest BCUT2D eigenvalue weighted by Crippen LogP contribution is 2.08. The van der Waals surface area contributed by atoms with Gasteiger partial charge in [0, 0.05) is 6.54 Å². The summed E-state index contributed by atoms with van der Waals surface area (Å²) < 4.78 is 0. The molecular formula is C16H23NO3S. The minimum absolute atomic E-state index is 0.0399. The number of amides is 1. The molecule has 0 aliphatic carbocycles. The van der Waals surface area contributed by atoms with Gasteiger partial charge in [-0.25, -0.2) is 4.79 Å². The predicted molar refractivity (Wildman–Crippen MR) is 86.9 cm³/mol. The van der Waals surface area contributed by atoms with Crippen LogP contribution in [0.15, 0.2) is 24.3 Å². The molecule has 0 aromatic heterocycles. The Hall–Kier alpha value is -1.49. The Labute approximate surface area is 130 Å². The first-order valence-electron chi connectivity index (χ1n) is 7.15. The number of benzene rings is 1. The second-order valence-corrected chi connectivity index (χ2v) is 6.45. The molecule has 0 unspecified atom stereocenters. The Morgan fingerprint density at radius 1 is 1.33 bits per heavy atom. The minimum atomic E-state index is -0.928. The fraction of sp³-hybridized carbons (Fsp3) is 0.500. The highest BCUT2D eigenvalue weighted by molar-refractivity contribution is 7.99. The number of rotatable bonds is 9. The maximum atomic E-state index is 11.6. The molecule has 5 heteroatoms. The van der Waals surface area contributed by atoms with Crippen molar-refractivity contribution in [1.82, 2.24) is 5.32 Å². The van der Waals surface area contributed by atoms with E-state index in [9.17, 15) is 9.59 Å². The van der Waals surface area contributed by atoms with Crippen LogP contribution in [0.4, 0.5) is 0 Å². The van der Waals surface area contributed by atoms with Crippen LogP contribution < -0.4 is 5.32 Å². The van der Waals surface area contributed by atoms with Crippen LogP contribution in [0, 0.1) is 5.92 Å². The molecule has 21 heavy (non-hydrogen) atoms. The van der Waals surface area contributed by atoms with Crippen molar-refractivity contribution in [2.45, 2.75) is 26.7 Å². The van der Waals surface area contributed by atoms with Crippen LogP contribution in [0.25, 0.3) is 0 Å². The van der Waals surface area contributed by atoms with Gasteiger partial charge in [0.25, 0.3) is 0 Å². The summed E-state index contributed by atoms with van der Waals surface area (Å²) in [6.07, 6.45) is 1.77. The van der Waals surface area contributed by atoms with Gasteiger partial charge in [0.2, 0.25) is 5.91 Å². The van der Waals surface area contributed by atoms with E-state index in [-0.39, 0.29) is 11.5 Å². The molecule has 0 atom stereocenters. The number of thioether (sulfide) groups is 1. The highest BCUT2D eigenvalue weighted by atomic mass is 32.2. The molecule has 0 radical (unpaired) electrons. The third-order valence-corrected chi connectivity index (χ3v) is 3.97. The van der Waals surface area contributed by atoms with E-state index in [0.29, 0.717) is 24.6 Å². The summed E-state index contributed by atoms with van der Waals surface area (Å²) in [5.41, 5.74) is 1.20. The third-order valence-electron chi connectivity index (χ3n) is 2.98. The van der Waals surface area contributed by atoms with Gasteiger partial charge in [-0.2, -0.15) is 11.8 Å². The van der Waals surface area contributed by atoms with E-state index in [1.54, 1.807) is 30.0 Å². The van der Waals surface area contributed by atoms with Crippen LogP contribution in [0.3, 0.4) is 0 Å². The second kappa shape index (κ2) is 9.45. The Bertz CT molecular complexity index is 474. The molecule has 1 rings (SSSR count). The highest BCUT2D eigenvalue weighted by Gasteiger charge is 2.05. The lowest BCUT2D eigenvalue weighted by Crippen LogP contribution is -2.27. The van der Waals surface area contributed by atoms with E-state index in [0.717, 1.165) is 17.7 Å². The molecule has 1 aromatic carbocycles. The SMILES string of the molecule is CC(C)CCSCC(=O)NCCc1cccc(C(=O)O)c1. The van der Waals surface area contributed by atoms with Gasteiger partial charge in [-0.1, -0.05) is 26.0 Å². The summed E-state index contributed by atoms with van der Waals surface area (Å²) >= 11 is 1.65. The quantitative estimate of drug-likeness (QED) is 0.688. The Morgan fingerprint density at radius 3 is 2.76 bits per heavy atom. The van der Waals surface area contributed by atoms with Gasteiger partial charge < -0.3 is 10.4 Å². The monoisotopic (exact) mass is 309 g/mol. The van der Waals surface area contributed by atoms with Crippen molar-refractivity contribution in [3.05, 3.63) is 35.4 Å². The average Bonchev–Trinajstić information content (AvgIpc) is 2.44. The predicted octanol–water partition coefficient (Wildman–Crippen LogP) is 2.82. The molecule has 0 aliphatic rings. The fourth-order valence-electron chi connectivity index (χ4n) is 1.74. The number of carboxylic acids is 1. The summed E-state index contributed by atoms with van der Waals surface area (Å²) in [6.45, 7) is 4.88. The number of carbonyl (C=O) groups excluding carboxylic acids is 1. The first kappa shape index (κ1) is 17.6. The number of aromatic carboxylic acids is 1. The van der Waals surface area contributed by atoms with E-state index in [4.69, 9.17) is 5.11 Å². The second-order valence-electron chi connectivity index (χ2n) is 5.34. The van der Waals surface area contributed by atoms with E-state index in [1.807, 2.05) is 6.07 Å². The van der Waals surface area contributed by atoms with Gasteiger partial charge in [-0.05, 0) is 42.2 Å². The van der Waals surface area contributed by atoms with Gasteiger partial charge in [0.05, 0.1) is 11.3 Å². The lowest BCUT2D eigenvalue weighted by Gasteiger charge is -2.07. The van der Waals surface area contributed by atoms with Crippen molar-refractivity contribution in [3.63, 3.8) is 0 Å². The molecule has 116 valence electrons. The normalized spacial score (nSPS) is 10.6. The molecule has 4 nitrogen and oxygen atoms in total. The van der Waals surface area contributed by atoms with E-state index in [2.05, 4.69) is 19.2 Å². The molecule has 1 amide bonds. The lowest BCUT2D eigenvalue weighted by atomic mass is 10.1. The van der Waals surface area contributed by atoms with E-state index < -0.39 is 5.97 Å². The summed E-state index contributed by atoms with van der Waals surface area (Å²) in [4.78, 5) is 22.5. The molecule has 0 saturated heterocycles. The maximum Gasteiger partial charge on any atom is 0.335 e. The molecular weight excluding hydrogens is 286 g/mol. The van der Waals surface area contributed by atoms with Crippen molar-refractivity contribution < 1.29 is 14.7 Å². The molecule has 0 heterocycles. The summed E-state index contributed by atoms with van der Waals surface area (Å²) in [7, 11) is 0. The van der Waals surface area contributed by atoms with Crippen molar-refractivity contribution in [3.8, 4) is 0 Å². The van der Waals surface area contributed by atoms with Crippen LogP contribution in [0.5, 0.6) is 0 Å². The van der Waals surface area contributed by atoms with Crippen molar-refractivity contribution in [1.29, 1.82) is 0 Å². The van der Waals surface area contributed by atoms with Gasteiger partial charge in [-0.3, -0.25) is 4.79 Å². The number of nitrogens with one attached hydrogen (secondary N) is 1. The third kappa shape index (κ3) is 7.75. The van der Waals surface area contributed by atoms with Gasteiger partial charge in [0.15, 0.2) is 0 Å². The zero-order valence-corrected chi connectivity index (χ0v) is 13.4. The minimum Gasteiger partial charge on any atom is -0.478 e. The van der Waals surface area contributed by atoms with E-state index in [1.165, 1.54) is 0 Å². The molecule has 0 spiro atoms. The van der Waals surface area contributed by atoms with Crippen LogP contribution in [-0.4, -0.2) is 35.0 Å². The van der Waals surface area contributed by atoms with Gasteiger partial charge >= 0.3 is 5.97 Å². The molecule has 0 fully saturated rings. The molecule has 2 N–H and O–H groups in total. The standard InChI is InChI=1S/C16H23NO3S/c1-12(2)7-9-21-11-15(18)17-8-6-13-4-3-5-14(10-13)16(19)20/h3-5,10,12H,6-9,11H2,1-2H3,(H,17,18)(H,19,20). The van der Waals surface area contributed by atoms with Crippen molar-refractivity contribution >= 4 is 23.6 Å². The number of hydrogen-bond donors (Lipinski definition) is 2. The zero-order valence-electron chi connectivity index (χ0n) is 12.6. The molecule has 0 bridgehead atoms. The number of carbonyl (C=O) groups is 2. The average molecular weight is 309 g/mol. The Balaban J connectivity index is 2.22. The Kier molecular flexibility index (Phi) is 7.90. The van der Waals surface area contributed by atoms with Crippen LogP contribution >= 0.6 is 11.8 Å². The molecule has 0 aliphatic heterocycles. The summed E-state index contributed by atoms with van der Waals surface area (Å²) in [6, 6.07) is 6.81. The van der Waals surface area contributed by atoms with Crippen LogP contribution in [0.1, 0.15) is 36.2 Å². The van der Waals surface area contributed by atoms with Crippen LogP contribution in [0.2, 0.25) is 0 Å². The largest absolute Gasteiger partial charge is 0.478 e. The zero-order chi connectivity index (χ0) is 15.7.